The molecule has 1 saturated heterocycles. The Kier molecular flexibility index (Phi) is 7.20. The summed E-state index contributed by atoms with van der Waals surface area (Å²) in [5.41, 5.74) is -0.213. The predicted octanol–water partition coefficient (Wildman–Crippen LogP) is 3.95. The van der Waals surface area contributed by atoms with Crippen LogP contribution in [-0.2, 0) is 10.3 Å². The minimum absolute atomic E-state index is 0.195. The second kappa shape index (κ2) is 10.1. The highest BCUT2D eigenvalue weighted by molar-refractivity contribution is 6.09. The third-order valence-electron chi connectivity index (χ3n) is 6.90. The van der Waals surface area contributed by atoms with Gasteiger partial charge in [-0.3, -0.25) is 9.69 Å². The van der Waals surface area contributed by atoms with E-state index in [0.717, 1.165) is 45.3 Å². The molecule has 2 aromatic rings. The molecule has 33 heavy (non-hydrogen) atoms. The summed E-state index contributed by atoms with van der Waals surface area (Å²) >= 11 is 0. The molecule has 0 spiro atoms. The second-order valence-corrected chi connectivity index (χ2v) is 8.99. The van der Waals surface area contributed by atoms with Gasteiger partial charge < -0.3 is 10.0 Å². The number of amides is 1. The van der Waals surface area contributed by atoms with Crippen LogP contribution in [0.25, 0.3) is 0 Å². The normalized spacial score (nSPS) is 19.2. The maximum absolute atomic E-state index is 13.8. The van der Waals surface area contributed by atoms with E-state index >= 15 is 0 Å². The highest BCUT2D eigenvalue weighted by atomic mass is 19.1. The highest BCUT2D eigenvalue weighted by Crippen LogP contribution is 2.40. The molecule has 176 valence electrons. The molecular weight excluding hydrogens is 424 g/mol. The van der Waals surface area contributed by atoms with Crippen LogP contribution in [0.2, 0.25) is 0 Å². The van der Waals surface area contributed by atoms with Crippen LogP contribution >= 0.6 is 0 Å². The number of carbonyl (C=O) groups is 1. The lowest BCUT2D eigenvalue weighted by atomic mass is 9.82. The monoisotopic (exact) mass is 455 g/mol. The molecule has 0 aliphatic carbocycles. The number of aliphatic imine (C=N–C) groups is 1. The van der Waals surface area contributed by atoms with Crippen molar-refractivity contribution >= 4 is 11.7 Å². The molecule has 1 N–H and O–H groups in total. The summed E-state index contributed by atoms with van der Waals surface area (Å²) in [4.78, 5) is 22.7. The number of halogens is 2. The lowest BCUT2D eigenvalue weighted by molar-refractivity contribution is -0.130. The van der Waals surface area contributed by atoms with Crippen molar-refractivity contribution in [3.05, 3.63) is 71.3 Å². The Balaban J connectivity index is 1.49. The van der Waals surface area contributed by atoms with Crippen molar-refractivity contribution in [2.75, 3.05) is 32.8 Å². The van der Waals surface area contributed by atoms with Gasteiger partial charge >= 0.3 is 0 Å². The Hall–Kier alpha value is -2.64. The number of nitrogens with zero attached hydrogens (tertiary/aromatic N) is 3. The van der Waals surface area contributed by atoms with E-state index in [2.05, 4.69) is 4.90 Å². The van der Waals surface area contributed by atoms with Gasteiger partial charge in [-0.2, -0.15) is 0 Å². The van der Waals surface area contributed by atoms with Crippen LogP contribution in [0.1, 0.15) is 43.7 Å². The molecule has 1 fully saturated rings. The van der Waals surface area contributed by atoms with Crippen molar-refractivity contribution < 1.29 is 18.7 Å². The Bertz CT molecular complexity index is 938. The molecule has 2 heterocycles. The van der Waals surface area contributed by atoms with Crippen molar-refractivity contribution in [3.63, 3.8) is 0 Å². The van der Waals surface area contributed by atoms with Gasteiger partial charge in [-0.1, -0.05) is 24.3 Å². The Morgan fingerprint density at radius 1 is 0.970 bits per heavy atom. The first-order chi connectivity index (χ1) is 15.9. The smallest absolute Gasteiger partial charge is 0.265 e. The zero-order valence-electron chi connectivity index (χ0n) is 19.0. The maximum atomic E-state index is 13.8. The Labute approximate surface area is 193 Å². The van der Waals surface area contributed by atoms with Crippen LogP contribution in [0.15, 0.2) is 53.5 Å². The molecule has 2 aromatic carbocycles. The summed E-state index contributed by atoms with van der Waals surface area (Å²) < 4.78 is 27.2. The third-order valence-corrected chi connectivity index (χ3v) is 6.90. The van der Waals surface area contributed by atoms with Gasteiger partial charge in [0.25, 0.3) is 5.91 Å². The van der Waals surface area contributed by atoms with Crippen LogP contribution in [0, 0.1) is 17.6 Å². The van der Waals surface area contributed by atoms with Gasteiger partial charge in [-0.05, 0) is 93.6 Å². The Morgan fingerprint density at radius 2 is 1.52 bits per heavy atom. The zero-order chi connectivity index (χ0) is 23.4. The quantitative estimate of drug-likeness (QED) is 0.656. The number of rotatable bonds is 8. The van der Waals surface area contributed by atoms with Crippen LogP contribution in [-0.4, -0.2) is 59.4 Å². The summed E-state index contributed by atoms with van der Waals surface area (Å²) in [6, 6.07) is 11.6. The van der Waals surface area contributed by atoms with Gasteiger partial charge in [-0.15, -0.1) is 0 Å². The van der Waals surface area contributed by atoms with Crippen molar-refractivity contribution in [2.45, 2.75) is 38.1 Å². The minimum Gasteiger partial charge on any atom is -0.396 e. The number of likely N-dealkylation sites (tertiary alicyclic amines) is 1. The molecule has 1 amide bonds. The lowest BCUT2D eigenvalue weighted by Crippen LogP contribution is -2.43. The molecule has 2 aliphatic heterocycles. The van der Waals surface area contributed by atoms with E-state index in [-0.39, 0.29) is 12.5 Å². The molecule has 0 radical (unpaired) electrons. The molecule has 4 rings (SSSR count). The number of hydrogen-bond acceptors (Lipinski definition) is 4. The molecule has 5 nitrogen and oxygen atoms in total. The van der Waals surface area contributed by atoms with Gasteiger partial charge in [0.2, 0.25) is 0 Å². The van der Waals surface area contributed by atoms with E-state index in [1.54, 1.807) is 29.2 Å². The van der Waals surface area contributed by atoms with Crippen molar-refractivity contribution in [1.29, 1.82) is 0 Å². The molecule has 0 unspecified atom stereocenters. The summed E-state index contributed by atoms with van der Waals surface area (Å²) in [6.07, 6.45) is 3.89. The first kappa shape index (κ1) is 23.5. The summed E-state index contributed by atoms with van der Waals surface area (Å²) in [5, 5.41) is 9.13. The standard InChI is InChI=1S/C26H31F2N3O2/c1-19-29-26(21-3-7-23(27)8-4-21,22-5-9-24(28)10-6-22)25(33)31(19)15-2-14-30-16-11-20(12-17-30)13-18-32/h3-10,20,32H,2,11-18H2,1H3. The first-order valence-corrected chi connectivity index (χ1v) is 11.7. The fourth-order valence-electron chi connectivity index (χ4n) is 5.02. The number of amidine groups is 1. The van der Waals surface area contributed by atoms with E-state index < -0.39 is 17.2 Å². The number of benzene rings is 2. The van der Waals surface area contributed by atoms with Crippen LogP contribution < -0.4 is 0 Å². The summed E-state index contributed by atoms with van der Waals surface area (Å²) in [5.74, 6) is 0.237. The third kappa shape index (κ3) is 4.84. The second-order valence-electron chi connectivity index (χ2n) is 8.99. The zero-order valence-corrected chi connectivity index (χ0v) is 19.0. The van der Waals surface area contributed by atoms with Crippen molar-refractivity contribution in [3.8, 4) is 0 Å². The van der Waals surface area contributed by atoms with Crippen LogP contribution in [0.5, 0.6) is 0 Å². The largest absolute Gasteiger partial charge is 0.396 e. The molecule has 2 aliphatic rings. The van der Waals surface area contributed by atoms with E-state index in [0.29, 0.717) is 29.4 Å². The lowest BCUT2D eigenvalue weighted by Gasteiger charge is -2.32. The van der Waals surface area contributed by atoms with Gasteiger partial charge in [-0.25, -0.2) is 13.8 Å². The van der Waals surface area contributed by atoms with Crippen molar-refractivity contribution in [2.24, 2.45) is 10.9 Å². The van der Waals surface area contributed by atoms with E-state index in [1.807, 2.05) is 6.92 Å². The predicted molar refractivity (Wildman–Crippen MR) is 124 cm³/mol. The number of hydrogen-bond donors (Lipinski definition) is 1. The van der Waals surface area contributed by atoms with E-state index in [4.69, 9.17) is 10.1 Å². The maximum Gasteiger partial charge on any atom is 0.265 e. The van der Waals surface area contributed by atoms with Crippen LogP contribution in [0.3, 0.4) is 0 Å². The van der Waals surface area contributed by atoms with Gasteiger partial charge in [0, 0.05) is 13.2 Å². The molecule has 0 bridgehead atoms. The van der Waals surface area contributed by atoms with E-state index in [1.165, 1.54) is 24.3 Å². The summed E-state index contributed by atoms with van der Waals surface area (Å²) in [7, 11) is 0. The fourth-order valence-corrected chi connectivity index (χ4v) is 5.02. The van der Waals surface area contributed by atoms with Gasteiger partial charge in [0.1, 0.15) is 17.5 Å². The molecular formula is C26H31F2N3O2. The number of piperidine rings is 1. The van der Waals surface area contributed by atoms with E-state index in [9.17, 15) is 13.6 Å². The molecule has 0 aromatic heterocycles. The average molecular weight is 456 g/mol. The number of aliphatic hydroxyl groups is 1. The fraction of sp³-hybridized carbons (Fsp3) is 0.462. The average Bonchev–Trinajstić information content (AvgIpc) is 3.07. The molecule has 7 heteroatoms. The molecule has 0 saturated carbocycles. The number of aliphatic hydroxyl groups excluding tert-OH is 1. The van der Waals surface area contributed by atoms with Gasteiger partial charge in [0.15, 0.2) is 5.54 Å². The number of carbonyl (C=O) groups excluding carboxylic acids is 1. The first-order valence-electron chi connectivity index (χ1n) is 11.7. The molecule has 0 atom stereocenters. The summed E-state index contributed by atoms with van der Waals surface area (Å²) in [6.45, 7) is 5.52. The van der Waals surface area contributed by atoms with Crippen LogP contribution in [0.4, 0.5) is 8.78 Å². The topological polar surface area (TPSA) is 56.1 Å². The SMILES string of the molecule is CC1=NC(c2ccc(F)cc2)(c2ccc(F)cc2)C(=O)N1CCCN1CCC(CCO)CC1. The minimum atomic E-state index is -1.34. The Morgan fingerprint density at radius 3 is 2.03 bits per heavy atom. The highest BCUT2D eigenvalue weighted by Gasteiger charge is 2.49. The van der Waals surface area contributed by atoms with Gasteiger partial charge in [0.05, 0.1) is 0 Å². The van der Waals surface area contributed by atoms with Crippen molar-refractivity contribution in [1.82, 2.24) is 9.80 Å².